The van der Waals surface area contributed by atoms with Crippen molar-refractivity contribution in [3.63, 3.8) is 0 Å². The van der Waals surface area contributed by atoms with Gasteiger partial charge in [-0.3, -0.25) is 9.98 Å². The molecule has 0 amide bonds. The van der Waals surface area contributed by atoms with Gasteiger partial charge >= 0.3 is 0 Å². The molecule has 0 atom stereocenters. The highest BCUT2D eigenvalue weighted by Gasteiger charge is 2.03. The summed E-state index contributed by atoms with van der Waals surface area (Å²) in [5.41, 5.74) is 0. The minimum absolute atomic E-state index is 0.256. The molecule has 1 aliphatic heterocycles. The summed E-state index contributed by atoms with van der Waals surface area (Å²) in [4.78, 5) is 8.32. The minimum atomic E-state index is 0.256. The number of hydrogen-bond acceptors (Lipinski definition) is 2. The van der Waals surface area contributed by atoms with Gasteiger partial charge in [-0.15, -0.1) is 0 Å². The fourth-order valence-electron chi connectivity index (χ4n) is 1.04. The smallest absolute Gasteiger partial charge is 0.139 e. The van der Waals surface area contributed by atoms with E-state index in [9.17, 15) is 0 Å². The number of aliphatic imine (C=N–C) groups is 2. The Bertz CT molecular complexity index is 126. The van der Waals surface area contributed by atoms with Crippen LogP contribution in [0, 0.1) is 0 Å². The summed E-state index contributed by atoms with van der Waals surface area (Å²) in [5, 5.41) is 0. The highest BCUT2D eigenvalue weighted by Crippen LogP contribution is 2.08. The minimum Gasteiger partial charge on any atom is -0.265 e. The van der Waals surface area contributed by atoms with Crippen LogP contribution in [0.2, 0.25) is 0 Å². The predicted molar refractivity (Wildman–Crippen MR) is 44.9 cm³/mol. The molecule has 0 bridgehead atoms. The van der Waals surface area contributed by atoms with Crippen LogP contribution < -0.4 is 0 Å². The van der Waals surface area contributed by atoms with Gasteiger partial charge in [-0.05, 0) is 12.8 Å². The van der Waals surface area contributed by atoms with Gasteiger partial charge in [-0.2, -0.15) is 0 Å². The van der Waals surface area contributed by atoms with E-state index in [4.69, 9.17) is 0 Å². The summed E-state index contributed by atoms with van der Waals surface area (Å²) in [7, 11) is 0. The monoisotopic (exact) mass is 138 g/mol. The molecule has 0 radical (unpaired) electrons. The molecule has 0 aliphatic carbocycles. The maximum Gasteiger partial charge on any atom is 0.139 e. The summed E-state index contributed by atoms with van der Waals surface area (Å²) < 4.78 is 0. The standard InChI is InChI=1S/C8H14N2/c1-2-3-4-5-8-9-6-7-10-8/h6-8H,2-5H2,1H3. The lowest BCUT2D eigenvalue weighted by Crippen LogP contribution is -1.95. The third-order valence-electron chi connectivity index (χ3n) is 1.65. The number of nitrogens with zero attached hydrogens (tertiary/aromatic N) is 2. The van der Waals surface area contributed by atoms with Gasteiger partial charge in [0.25, 0.3) is 0 Å². The van der Waals surface area contributed by atoms with E-state index in [-0.39, 0.29) is 6.17 Å². The quantitative estimate of drug-likeness (QED) is 0.531. The lowest BCUT2D eigenvalue weighted by Gasteiger charge is -2.01. The molecule has 1 heterocycles. The Kier molecular flexibility index (Phi) is 3.13. The van der Waals surface area contributed by atoms with Crippen molar-refractivity contribution in [2.45, 2.75) is 38.8 Å². The normalized spacial score (nSPS) is 16.9. The molecule has 0 fully saturated rings. The zero-order valence-electron chi connectivity index (χ0n) is 6.45. The molecule has 0 saturated carbocycles. The third-order valence-corrected chi connectivity index (χ3v) is 1.65. The summed E-state index contributed by atoms with van der Waals surface area (Å²) in [6.45, 7) is 2.21. The van der Waals surface area contributed by atoms with Gasteiger partial charge in [0, 0.05) is 12.4 Å². The molecular weight excluding hydrogens is 124 g/mol. The van der Waals surface area contributed by atoms with Gasteiger partial charge in [0.2, 0.25) is 0 Å². The first-order valence-corrected chi connectivity index (χ1v) is 3.98. The van der Waals surface area contributed by atoms with E-state index in [1.54, 1.807) is 12.4 Å². The summed E-state index contributed by atoms with van der Waals surface area (Å²) in [6, 6.07) is 0. The SMILES string of the molecule is CCCCCC1N=CC=N1. The summed E-state index contributed by atoms with van der Waals surface area (Å²) in [5.74, 6) is 0. The highest BCUT2D eigenvalue weighted by atomic mass is 15.0. The Morgan fingerprint density at radius 2 is 1.90 bits per heavy atom. The Hall–Kier alpha value is -0.660. The molecule has 10 heavy (non-hydrogen) atoms. The summed E-state index contributed by atoms with van der Waals surface area (Å²) >= 11 is 0. The number of rotatable bonds is 4. The molecule has 0 aromatic carbocycles. The van der Waals surface area contributed by atoms with Crippen molar-refractivity contribution in [1.29, 1.82) is 0 Å². The van der Waals surface area contributed by atoms with Crippen molar-refractivity contribution >= 4 is 12.4 Å². The van der Waals surface area contributed by atoms with Gasteiger partial charge in [0.1, 0.15) is 6.17 Å². The maximum absolute atomic E-state index is 4.16. The first-order chi connectivity index (χ1) is 4.93. The molecule has 1 aliphatic rings. The van der Waals surface area contributed by atoms with Crippen LogP contribution in [0.5, 0.6) is 0 Å². The maximum atomic E-state index is 4.16. The second-order valence-corrected chi connectivity index (χ2v) is 2.57. The second-order valence-electron chi connectivity index (χ2n) is 2.57. The van der Waals surface area contributed by atoms with Crippen molar-refractivity contribution in [2.24, 2.45) is 9.98 Å². The fraction of sp³-hybridized carbons (Fsp3) is 0.750. The van der Waals surface area contributed by atoms with Gasteiger partial charge < -0.3 is 0 Å². The van der Waals surface area contributed by atoms with E-state index in [0.717, 1.165) is 6.42 Å². The first-order valence-electron chi connectivity index (χ1n) is 3.98. The Morgan fingerprint density at radius 1 is 1.20 bits per heavy atom. The Balaban J connectivity index is 2.03. The molecule has 0 unspecified atom stereocenters. The highest BCUT2D eigenvalue weighted by molar-refractivity contribution is 6.17. The molecule has 0 spiro atoms. The van der Waals surface area contributed by atoms with Crippen LogP contribution in [0.1, 0.15) is 32.6 Å². The van der Waals surface area contributed by atoms with Crippen LogP contribution in [0.4, 0.5) is 0 Å². The van der Waals surface area contributed by atoms with E-state index >= 15 is 0 Å². The molecule has 0 N–H and O–H groups in total. The molecular formula is C8H14N2. The van der Waals surface area contributed by atoms with E-state index in [2.05, 4.69) is 16.9 Å². The van der Waals surface area contributed by atoms with Crippen molar-refractivity contribution in [3.05, 3.63) is 0 Å². The molecule has 0 saturated heterocycles. The van der Waals surface area contributed by atoms with E-state index in [0.29, 0.717) is 0 Å². The average molecular weight is 138 g/mol. The van der Waals surface area contributed by atoms with Crippen molar-refractivity contribution in [2.75, 3.05) is 0 Å². The predicted octanol–water partition coefficient (Wildman–Crippen LogP) is 2.05. The molecule has 1 rings (SSSR count). The average Bonchev–Trinajstić information content (AvgIpc) is 2.41. The molecule has 2 heteroatoms. The topological polar surface area (TPSA) is 24.7 Å². The van der Waals surface area contributed by atoms with Crippen molar-refractivity contribution < 1.29 is 0 Å². The summed E-state index contributed by atoms with van der Waals surface area (Å²) in [6.07, 6.45) is 8.80. The van der Waals surface area contributed by atoms with Gasteiger partial charge in [0.05, 0.1) is 0 Å². The third kappa shape index (κ3) is 2.29. The van der Waals surface area contributed by atoms with E-state index < -0.39 is 0 Å². The van der Waals surface area contributed by atoms with Gasteiger partial charge in [-0.1, -0.05) is 19.8 Å². The first kappa shape index (κ1) is 7.45. The van der Waals surface area contributed by atoms with E-state index in [1.807, 2.05) is 0 Å². The largest absolute Gasteiger partial charge is 0.265 e. The fourth-order valence-corrected chi connectivity index (χ4v) is 1.04. The van der Waals surface area contributed by atoms with Crippen LogP contribution >= 0.6 is 0 Å². The lowest BCUT2D eigenvalue weighted by atomic mass is 10.2. The van der Waals surface area contributed by atoms with Crippen LogP contribution in [0.25, 0.3) is 0 Å². The van der Waals surface area contributed by atoms with E-state index in [1.165, 1.54) is 19.3 Å². The molecule has 0 aromatic rings. The molecule has 0 aromatic heterocycles. The van der Waals surface area contributed by atoms with Gasteiger partial charge in [-0.25, -0.2) is 0 Å². The zero-order chi connectivity index (χ0) is 7.23. The van der Waals surface area contributed by atoms with Crippen LogP contribution in [-0.2, 0) is 0 Å². The number of hydrogen-bond donors (Lipinski definition) is 0. The second kappa shape index (κ2) is 4.20. The molecule has 2 nitrogen and oxygen atoms in total. The zero-order valence-corrected chi connectivity index (χ0v) is 6.45. The van der Waals surface area contributed by atoms with Crippen LogP contribution in [0.15, 0.2) is 9.98 Å². The van der Waals surface area contributed by atoms with Crippen molar-refractivity contribution in [3.8, 4) is 0 Å². The Morgan fingerprint density at radius 3 is 2.50 bits per heavy atom. The Labute approximate surface area is 62.1 Å². The van der Waals surface area contributed by atoms with Gasteiger partial charge in [0.15, 0.2) is 0 Å². The van der Waals surface area contributed by atoms with Crippen LogP contribution in [-0.4, -0.2) is 18.6 Å². The van der Waals surface area contributed by atoms with Crippen LogP contribution in [0.3, 0.4) is 0 Å². The van der Waals surface area contributed by atoms with Crippen molar-refractivity contribution in [1.82, 2.24) is 0 Å². The number of unbranched alkanes of at least 4 members (excludes halogenated alkanes) is 2. The molecule has 56 valence electrons. The lowest BCUT2D eigenvalue weighted by molar-refractivity contribution is 0.586.